The van der Waals surface area contributed by atoms with E-state index < -0.39 is 5.91 Å². The zero-order chi connectivity index (χ0) is 8.72. The molecule has 2 aliphatic rings. The summed E-state index contributed by atoms with van der Waals surface area (Å²) in [5.41, 5.74) is 0.263. The molecule has 2 rings (SSSR count). The van der Waals surface area contributed by atoms with Gasteiger partial charge in [0.15, 0.2) is 5.84 Å². The molecule has 7 heteroatoms. The van der Waals surface area contributed by atoms with Gasteiger partial charge in [-0.05, 0) is 27.5 Å². The minimum atomic E-state index is -0.470. The van der Waals surface area contributed by atoms with Gasteiger partial charge in [-0.2, -0.15) is 9.98 Å². The molecule has 0 atom stereocenters. The number of hydrogen-bond acceptors (Lipinski definition) is 4. The second-order valence-electron chi connectivity index (χ2n) is 1.99. The first-order valence-electron chi connectivity index (χ1n) is 2.87. The molecular weight excluding hydrogens is 247 g/mol. The lowest BCUT2D eigenvalue weighted by atomic mass is 10.2. The van der Waals surface area contributed by atoms with Gasteiger partial charge in [0.2, 0.25) is 5.29 Å². The van der Waals surface area contributed by atoms with E-state index in [9.17, 15) is 4.79 Å². The number of amides is 1. The number of nitrogens with zero attached hydrogens (tertiary/aromatic N) is 4. The van der Waals surface area contributed by atoms with Crippen LogP contribution < -0.4 is 0 Å². The molecule has 0 N–H and O–H groups in total. The molecular formula is C5BrClN4O. The SMILES string of the molecule is O=C1N=C(Cl)N=C2N=NC(Br)=C12. The highest BCUT2D eigenvalue weighted by Crippen LogP contribution is 2.26. The number of fused-ring (bicyclic) bond motifs is 1. The van der Waals surface area contributed by atoms with Crippen molar-refractivity contribution in [1.29, 1.82) is 0 Å². The molecule has 2 heterocycles. The molecule has 5 nitrogen and oxygen atoms in total. The molecule has 60 valence electrons. The minimum absolute atomic E-state index is 0.111. The van der Waals surface area contributed by atoms with Crippen molar-refractivity contribution in [1.82, 2.24) is 0 Å². The van der Waals surface area contributed by atoms with Gasteiger partial charge in [-0.25, -0.2) is 0 Å². The quantitative estimate of drug-likeness (QED) is 0.599. The summed E-state index contributed by atoms with van der Waals surface area (Å²) in [4.78, 5) is 18.3. The summed E-state index contributed by atoms with van der Waals surface area (Å²) in [6.45, 7) is 0. The molecule has 0 saturated carbocycles. The van der Waals surface area contributed by atoms with E-state index in [-0.39, 0.29) is 16.7 Å². The van der Waals surface area contributed by atoms with Crippen LogP contribution in [0.1, 0.15) is 0 Å². The number of azo groups is 1. The average Bonchev–Trinajstić information content (AvgIpc) is 2.31. The summed E-state index contributed by atoms with van der Waals surface area (Å²) < 4.78 is 0.346. The highest BCUT2D eigenvalue weighted by molar-refractivity contribution is 9.11. The zero-order valence-corrected chi connectivity index (χ0v) is 7.79. The lowest BCUT2D eigenvalue weighted by Gasteiger charge is -2.01. The smallest absolute Gasteiger partial charge is 0.266 e. The molecule has 2 aliphatic heterocycles. The van der Waals surface area contributed by atoms with Gasteiger partial charge in [0.1, 0.15) is 10.2 Å². The molecule has 1 amide bonds. The van der Waals surface area contributed by atoms with Crippen LogP contribution in [-0.4, -0.2) is 17.0 Å². The van der Waals surface area contributed by atoms with Crippen molar-refractivity contribution in [2.75, 3.05) is 0 Å². The Balaban J connectivity index is 2.59. The third-order valence-corrected chi connectivity index (χ3v) is 1.99. The number of rotatable bonds is 0. The standard InChI is InChI=1S/C5BrClN4O/c6-2-1-3(11-10-2)8-5(7)9-4(1)12. The third kappa shape index (κ3) is 1.03. The normalized spacial score (nSPS) is 21.0. The van der Waals surface area contributed by atoms with Gasteiger partial charge in [-0.3, -0.25) is 4.79 Å². The molecule has 0 aromatic rings. The molecule has 0 aliphatic carbocycles. The lowest BCUT2D eigenvalue weighted by Crippen LogP contribution is -2.14. The van der Waals surface area contributed by atoms with Gasteiger partial charge < -0.3 is 0 Å². The Labute approximate surface area is 80.1 Å². The van der Waals surface area contributed by atoms with Crippen molar-refractivity contribution in [3.8, 4) is 0 Å². The van der Waals surface area contributed by atoms with E-state index in [0.29, 0.717) is 4.61 Å². The molecule has 0 bridgehead atoms. The van der Waals surface area contributed by atoms with Crippen molar-refractivity contribution in [2.24, 2.45) is 20.2 Å². The fraction of sp³-hybridized carbons (Fsp3) is 0. The highest BCUT2D eigenvalue weighted by Gasteiger charge is 2.28. The fourth-order valence-corrected chi connectivity index (χ4v) is 1.38. The van der Waals surface area contributed by atoms with E-state index in [1.165, 1.54) is 0 Å². The van der Waals surface area contributed by atoms with Crippen LogP contribution in [0.2, 0.25) is 0 Å². The van der Waals surface area contributed by atoms with Gasteiger partial charge in [-0.1, -0.05) is 0 Å². The first-order chi connectivity index (χ1) is 5.68. The Bertz CT molecular complexity index is 394. The molecule has 0 aromatic carbocycles. The van der Waals surface area contributed by atoms with E-state index in [4.69, 9.17) is 11.6 Å². The van der Waals surface area contributed by atoms with Crippen molar-refractivity contribution in [3.05, 3.63) is 10.2 Å². The van der Waals surface area contributed by atoms with Crippen molar-refractivity contribution in [3.63, 3.8) is 0 Å². The molecule has 0 fully saturated rings. The zero-order valence-electron chi connectivity index (χ0n) is 5.45. The number of aliphatic imine (C=N–C) groups is 2. The Morgan fingerprint density at radius 2 is 2.00 bits per heavy atom. The lowest BCUT2D eigenvalue weighted by molar-refractivity contribution is -0.113. The minimum Gasteiger partial charge on any atom is -0.266 e. The van der Waals surface area contributed by atoms with Crippen LogP contribution in [-0.2, 0) is 4.79 Å². The summed E-state index contributed by atoms with van der Waals surface area (Å²) in [6, 6.07) is 0. The number of hydrogen-bond donors (Lipinski definition) is 0. The van der Waals surface area contributed by atoms with E-state index in [0.717, 1.165) is 0 Å². The Kier molecular flexibility index (Phi) is 1.66. The Hall–Kier alpha value is -0.880. The van der Waals surface area contributed by atoms with Crippen LogP contribution in [0.5, 0.6) is 0 Å². The summed E-state index contributed by atoms with van der Waals surface area (Å²) in [5, 5.41) is 7.10. The van der Waals surface area contributed by atoms with Gasteiger partial charge in [0.25, 0.3) is 5.91 Å². The molecule has 0 unspecified atom stereocenters. The number of amidine groups is 2. The number of carbonyl (C=O) groups excluding carboxylic acids is 1. The average molecular weight is 247 g/mol. The first-order valence-corrected chi connectivity index (χ1v) is 4.04. The molecule has 12 heavy (non-hydrogen) atoms. The van der Waals surface area contributed by atoms with E-state index in [1.54, 1.807) is 0 Å². The first kappa shape index (κ1) is 7.75. The highest BCUT2D eigenvalue weighted by atomic mass is 79.9. The predicted molar refractivity (Wildman–Crippen MR) is 46.5 cm³/mol. The van der Waals surface area contributed by atoms with Crippen molar-refractivity contribution >= 4 is 44.6 Å². The maximum Gasteiger partial charge on any atom is 0.286 e. The van der Waals surface area contributed by atoms with Crippen LogP contribution in [0.25, 0.3) is 0 Å². The summed E-state index contributed by atoms with van der Waals surface area (Å²) >= 11 is 8.47. The molecule has 0 radical (unpaired) electrons. The van der Waals surface area contributed by atoms with Crippen molar-refractivity contribution < 1.29 is 4.79 Å². The maximum atomic E-state index is 11.1. The van der Waals surface area contributed by atoms with Crippen LogP contribution in [0.4, 0.5) is 0 Å². The topological polar surface area (TPSA) is 66.5 Å². The van der Waals surface area contributed by atoms with Crippen molar-refractivity contribution in [2.45, 2.75) is 0 Å². The van der Waals surface area contributed by atoms with Gasteiger partial charge in [0, 0.05) is 0 Å². The molecule has 0 spiro atoms. The van der Waals surface area contributed by atoms with Gasteiger partial charge in [0.05, 0.1) is 0 Å². The van der Waals surface area contributed by atoms with Crippen LogP contribution >= 0.6 is 27.5 Å². The maximum absolute atomic E-state index is 11.1. The molecule has 0 aromatic heterocycles. The van der Waals surface area contributed by atoms with Gasteiger partial charge >= 0.3 is 0 Å². The Morgan fingerprint density at radius 1 is 1.25 bits per heavy atom. The fourth-order valence-electron chi connectivity index (χ4n) is 0.798. The second-order valence-corrected chi connectivity index (χ2v) is 3.08. The monoisotopic (exact) mass is 246 g/mol. The van der Waals surface area contributed by atoms with Crippen LogP contribution in [0.3, 0.4) is 0 Å². The van der Waals surface area contributed by atoms with E-state index >= 15 is 0 Å². The van der Waals surface area contributed by atoms with Gasteiger partial charge in [-0.15, -0.1) is 10.2 Å². The summed E-state index contributed by atoms with van der Waals surface area (Å²) in [6.07, 6.45) is 0. The second kappa shape index (κ2) is 2.56. The largest absolute Gasteiger partial charge is 0.286 e. The van der Waals surface area contributed by atoms with Crippen LogP contribution in [0.15, 0.2) is 30.4 Å². The summed E-state index contributed by atoms with van der Waals surface area (Å²) in [7, 11) is 0. The summed E-state index contributed by atoms with van der Waals surface area (Å²) in [5.74, 6) is -0.256. The predicted octanol–water partition coefficient (Wildman–Crippen LogP) is 1.59. The number of halogens is 2. The van der Waals surface area contributed by atoms with E-state index in [1.807, 2.05) is 0 Å². The third-order valence-electron chi connectivity index (χ3n) is 1.27. The number of carbonyl (C=O) groups is 1. The van der Waals surface area contributed by atoms with E-state index in [2.05, 4.69) is 36.1 Å². The molecule has 0 saturated heterocycles. The Morgan fingerprint density at radius 3 is 2.75 bits per heavy atom. The van der Waals surface area contributed by atoms with Crippen LogP contribution in [0, 0.1) is 0 Å².